The van der Waals surface area contributed by atoms with E-state index in [0.29, 0.717) is 19.6 Å². The van der Waals surface area contributed by atoms with Crippen molar-refractivity contribution in [2.75, 3.05) is 19.8 Å². The van der Waals surface area contributed by atoms with E-state index in [2.05, 4.69) is 5.32 Å². The van der Waals surface area contributed by atoms with Crippen LogP contribution in [-0.4, -0.2) is 31.2 Å². The molecular formula is C9H20N2O2. The highest BCUT2D eigenvalue weighted by Crippen LogP contribution is 2.08. The molecule has 13 heavy (non-hydrogen) atoms. The quantitative estimate of drug-likeness (QED) is 0.563. The Hall–Kier alpha value is -0.610. The van der Waals surface area contributed by atoms with Crippen LogP contribution in [0.25, 0.3) is 0 Å². The summed E-state index contributed by atoms with van der Waals surface area (Å²) in [6.45, 7) is 7.63. The largest absolute Gasteiger partial charge is 0.382 e. The lowest BCUT2D eigenvalue weighted by Gasteiger charge is -2.26. The SMILES string of the molecule is CCNC(C)(CCOCC)C(N)=O. The minimum atomic E-state index is -0.635. The molecular weight excluding hydrogens is 168 g/mol. The fourth-order valence-corrected chi connectivity index (χ4v) is 1.11. The maximum atomic E-state index is 11.1. The molecule has 0 aromatic rings. The van der Waals surface area contributed by atoms with Crippen LogP contribution in [0.2, 0.25) is 0 Å². The molecule has 0 saturated carbocycles. The standard InChI is InChI=1S/C9H20N2O2/c1-4-11-9(3,8(10)12)6-7-13-5-2/h11H,4-7H2,1-3H3,(H2,10,12). The maximum Gasteiger partial charge on any atom is 0.237 e. The molecule has 78 valence electrons. The predicted molar refractivity (Wildman–Crippen MR) is 52.4 cm³/mol. The molecule has 0 heterocycles. The Balaban J connectivity index is 4.00. The van der Waals surface area contributed by atoms with Crippen LogP contribution < -0.4 is 11.1 Å². The average Bonchev–Trinajstić information content (AvgIpc) is 2.05. The fraction of sp³-hybridized carbons (Fsp3) is 0.889. The van der Waals surface area contributed by atoms with Gasteiger partial charge in [-0.15, -0.1) is 0 Å². The van der Waals surface area contributed by atoms with Gasteiger partial charge in [0.25, 0.3) is 0 Å². The number of likely N-dealkylation sites (N-methyl/N-ethyl adjacent to an activating group) is 1. The number of carbonyl (C=O) groups is 1. The van der Waals surface area contributed by atoms with Gasteiger partial charge in [0.05, 0.1) is 5.54 Å². The van der Waals surface area contributed by atoms with Crippen LogP contribution in [0.15, 0.2) is 0 Å². The van der Waals surface area contributed by atoms with Gasteiger partial charge < -0.3 is 15.8 Å². The van der Waals surface area contributed by atoms with Crippen LogP contribution in [0, 0.1) is 0 Å². The van der Waals surface area contributed by atoms with Gasteiger partial charge in [-0.2, -0.15) is 0 Å². The highest BCUT2D eigenvalue weighted by molar-refractivity contribution is 5.84. The molecule has 1 unspecified atom stereocenters. The molecule has 1 amide bonds. The molecule has 4 heteroatoms. The molecule has 4 nitrogen and oxygen atoms in total. The molecule has 0 radical (unpaired) electrons. The number of hydrogen-bond acceptors (Lipinski definition) is 3. The summed E-state index contributed by atoms with van der Waals surface area (Å²) in [6.07, 6.45) is 0.615. The first-order valence-corrected chi connectivity index (χ1v) is 4.69. The smallest absolute Gasteiger partial charge is 0.237 e. The zero-order valence-electron chi connectivity index (χ0n) is 8.72. The van der Waals surface area contributed by atoms with Gasteiger partial charge >= 0.3 is 0 Å². The highest BCUT2D eigenvalue weighted by Gasteiger charge is 2.29. The van der Waals surface area contributed by atoms with E-state index in [9.17, 15) is 4.79 Å². The lowest BCUT2D eigenvalue weighted by atomic mass is 9.97. The molecule has 0 aliphatic heterocycles. The van der Waals surface area contributed by atoms with Crippen molar-refractivity contribution in [1.29, 1.82) is 0 Å². The highest BCUT2D eigenvalue weighted by atomic mass is 16.5. The Kier molecular flexibility index (Phi) is 5.66. The van der Waals surface area contributed by atoms with Gasteiger partial charge in [0, 0.05) is 13.2 Å². The predicted octanol–water partition coefficient (Wildman–Crippen LogP) is 0.267. The third-order valence-electron chi connectivity index (χ3n) is 2.06. The monoisotopic (exact) mass is 188 g/mol. The molecule has 0 rings (SSSR count). The number of rotatable bonds is 7. The van der Waals surface area contributed by atoms with Crippen molar-refractivity contribution >= 4 is 5.91 Å². The average molecular weight is 188 g/mol. The lowest BCUT2D eigenvalue weighted by Crippen LogP contribution is -2.53. The van der Waals surface area contributed by atoms with Crippen LogP contribution in [0.3, 0.4) is 0 Å². The van der Waals surface area contributed by atoms with E-state index < -0.39 is 5.54 Å². The summed E-state index contributed by atoms with van der Waals surface area (Å²) in [6, 6.07) is 0. The van der Waals surface area contributed by atoms with Gasteiger partial charge in [-0.3, -0.25) is 4.79 Å². The van der Waals surface area contributed by atoms with Crippen LogP contribution in [0.5, 0.6) is 0 Å². The first-order chi connectivity index (χ1) is 6.06. The summed E-state index contributed by atoms with van der Waals surface area (Å²) in [5.41, 5.74) is 4.65. The number of amides is 1. The van der Waals surface area contributed by atoms with Crippen molar-refractivity contribution < 1.29 is 9.53 Å². The molecule has 0 bridgehead atoms. The Morgan fingerprint density at radius 2 is 2.15 bits per heavy atom. The first-order valence-electron chi connectivity index (χ1n) is 4.69. The molecule has 0 spiro atoms. The minimum absolute atomic E-state index is 0.325. The van der Waals surface area contributed by atoms with Crippen molar-refractivity contribution in [3.8, 4) is 0 Å². The van der Waals surface area contributed by atoms with E-state index in [4.69, 9.17) is 10.5 Å². The summed E-state index contributed by atoms with van der Waals surface area (Å²) in [5.74, 6) is -0.325. The maximum absolute atomic E-state index is 11.1. The van der Waals surface area contributed by atoms with Crippen molar-refractivity contribution in [2.45, 2.75) is 32.7 Å². The third-order valence-corrected chi connectivity index (χ3v) is 2.06. The van der Waals surface area contributed by atoms with Gasteiger partial charge in [0.2, 0.25) is 5.91 Å². The van der Waals surface area contributed by atoms with E-state index in [1.54, 1.807) is 6.92 Å². The molecule has 0 aliphatic rings. The van der Waals surface area contributed by atoms with E-state index >= 15 is 0 Å². The molecule has 0 aliphatic carbocycles. The van der Waals surface area contributed by atoms with Gasteiger partial charge in [-0.05, 0) is 26.8 Å². The van der Waals surface area contributed by atoms with E-state index in [1.807, 2.05) is 13.8 Å². The zero-order chi connectivity index (χ0) is 10.3. The zero-order valence-corrected chi connectivity index (χ0v) is 8.72. The van der Waals surface area contributed by atoms with Crippen molar-refractivity contribution in [3.05, 3.63) is 0 Å². The summed E-state index contributed by atoms with van der Waals surface area (Å²) in [5, 5.41) is 3.06. The molecule has 1 atom stereocenters. The second-order valence-corrected chi connectivity index (χ2v) is 3.17. The molecule has 0 aromatic carbocycles. The molecule has 0 fully saturated rings. The molecule has 0 aromatic heterocycles. The van der Waals surface area contributed by atoms with E-state index in [0.717, 1.165) is 6.54 Å². The molecule has 0 saturated heterocycles. The Bertz CT molecular complexity index is 162. The Morgan fingerprint density at radius 1 is 1.54 bits per heavy atom. The number of ether oxygens (including phenoxy) is 1. The number of nitrogens with one attached hydrogen (secondary N) is 1. The molecule has 3 N–H and O–H groups in total. The second kappa shape index (κ2) is 5.94. The van der Waals surface area contributed by atoms with Crippen LogP contribution >= 0.6 is 0 Å². The number of carbonyl (C=O) groups excluding carboxylic acids is 1. The normalized spacial score (nSPS) is 15.3. The second-order valence-electron chi connectivity index (χ2n) is 3.17. The fourth-order valence-electron chi connectivity index (χ4n) is 1.11. The van der Waals surface area contributed by atoms with Gasteiger partial charge in [-0.25, -0.2) is 0 Å². The Morgan fingerprint density at radius 3 is 2.54 bits per heavy atom. The number of primary amides is 1. The summed E-state index contributed by atoms with van der Waals surface area (Å²) in [4.78, 5) is 11.1. The number of nitrogens with two attached hydrogens (primary N) is 1. The van der Waals surface area contributed by atoms with Crippen LogP contribution in [-0.2, 0) is 9.53 Å². The summed E-state index contributed by atoms with van der Waals surface area (Å²) < 4.78 is 5.18. The van der Waals surface area contributed by atoms with Gasteiger partial charge in [0.15, 0.2) is 0 Å². The van der Waals surface area contributed by atoms with Crippen molar-refractivity contribution in [1.82, 2.24) is 5.32 Å². The summed E-state index contributed by atoms with van der Waals surface area (Å²) in [7, 11) is 0. The van der Waals surface area contributed by atoms with Gasteiger partial charge in [0.1, 0.15) is 0 Å². The topological polar surface area (TPSA) is 64.3 Å². The van der Waals surface area contributed by atoms with E-state index in [-0.39, 0.29) is 5.91 Å². The van der Waals surface area contributed by atoms with Crippen molar-refractivity contribution in [3.63, 3.8) is 0 Å². The summed E-state index contributed by atoms with van der Waals surface area (Å²) >= 11 is 0. The first kappa shape index (κ1) is 12.4. The Labute approximate surface area is 79.8 Å². The van der Waals surface area contributed by atoms with Crippen molar-refractivity contribution in [2.24, 2.45) is 5.73 Å². The number of hydrogen-bond donors (Lipinski definition) is 2. The lowest BCUT2D eigenvalue weighted by molar-refractivity contribution is -0.124. The van der Waals surface area contributed by atoms with Crippen LogP contribution in [0.4, 0.5) is 0 Å². The van der Waals surface area contributed by atoms with E-state index in [1.165, 1.54) is 0 Å². The van der Waals surface area contributed by atoms with Crippen LogP contribution in [0.1, 0.15) is 27.2 Å². The third kappa shape index (κ3) is 4.24. The van der Waals surface area contributed by atoms with Gasteiger partial charge in [-0.1, -0.05) is 6.92 Å². The minimum Gasteiger partial charge on any atom is -0.382 e.